The van der Waals surface area contributed by atoms with Gasteiger partial charge in [0, 0.05) is 5.56 Å². The monoisotopic (exact) mass is 510 g/mol. The van der Waals surface area contributed by atoms with Crippen molar-refractivity contribution >= 4 is 5.97 Å². The van der Waals surface area contributed by atoms with Crippen molar-refractivity contribution in [2.45, 2.75) is 70.3 Å². The number of ether oxygens (including phenoxy) is 2. The van der Waals surface area contributed by atoms with Crippen molar-refractivity contribution in [1.29, 1.82) is 0 Å². The topological polar surface area (TPSA) is 35.5 Å². The maximum atomic E-state index is 15.1. The van der Waals surface area contributed by atoms with Crippen molar-refractivity contribution in [3.8, 4) is 16.9 Å². The lowest BCUT2D eigenvalue weighted by molar-refractivity contribution is 0.0193. The highest BCUT2D eigenvalue weighted by atomic mass is 19.2. The van der Waals surface area contributed by atoms with Gasteiger partial charge in [-0.25, -0.2) is 18.0 Å². The third kappa shape index (κ3) is 6.35. The molecule has 0 amide bonds. The fraction of sp³-hybridized carbons (Fsp3) is 0.387. The number of hydrogen-bond acceptors (Lipinski definition) is 3. The van der Waals surface area contributed by atoms with Crippen LogP contribution in [0.2, 0.25) is 0 Å². The molecule has 0 aliphatic heterocycles. The van der Waals surface area contributed by atoms with Gasteiger partial charge in [0.05, 0.1) is 12.7 Å². The Bertz CT molecular complexity index is 1220. The Morgan fingerprint density at radius 2 is 1.62 bits per heavy atom. The zero-order valence-electron chi connectivity index (χ0n) is 21.4. The van der Waals surface area contributed by atoms with Crippen molar-refractivity contribution in [1.82, 2.24) is 0 Å². The molecule has 0 N–H and O–H groups in total. The van der Waals surface area contributed by atoms with Gasteiger partial charge in [-0.05, 0) is 79.3 Å². The number of unbranched alkanes of at least 4 members (excludes halogenated alkanes) is 2. The molecule has 1 aliphatic carbocycles. The number of halogens is 3. The molecule has 0 radical (unpaired) electrons. The number of esters is 1. The Labute approximate surface area is 216 Å². The maximum Gasteiger partial charge on any atom is 0.338 e. The number of aryl methyl sites for hydroxylation is 1. The maximum absolute atomic E-state index is 15.1. The summed E-state index contributed by atoms with van der Waals surface area (Å²) < 4.78 is 54.6. The molecule has 4 rings (SSSR count). The van der Waals surface area contributed by atoms with Crippen molar-refractivity contribution in [2.75, 3.05) is 7.11 Å². The van der Waals surface area contributed by atoms with Gasteiger partial charge >= 0.3 is 5.97 Å². The van der Waals surface area contributed by atoms with Crippen molar-refractivity contribution in [3.63, 3.8) is 0 Å². The summed E-state index contributed by atoms with van der Waals surface area (Å²) in [7, 11) is 1.35. The highest BCUT2D eigenvalue weighted by molar-refractivity contribution is 5.89. The van der Waals surface area contributed by atoms with Crippen LogP contribution < -0.4 is 4.74 Å². The Kier molecular flexibility index (Phi) is 8.91. The first-order valence-corrected chi connectivity index (χ1v) is 13.0. The Hall–Kier alpha value is -3.28. The smallest absolute Gasteiger partial charge is 0.338 e. The molecular formula is C31H33F3O3. The second-order valence-corrected chi connectivity index (χ2v) is 9.71. The van der Waals surface area contributed by atoms with E-state index in [0.29, 0.717) is 36.8 Å². The summed E-state index contributed by atoms with van der Waals surface area (Å²) in [6, 6.07) is 14.9. The van der Waals surface area contributed by atoms with Gasteiger partial charge in [0.1, 0.15) is 6.10 Å². The number of carbonyl (C=O) groups is 1. The standard InChI is InChI=1S/C31H33F3O3/c1-3-4-5-6-20-7-9-21(10-8-20)25-16-17-26(30(34)29(25)33)22-11-14-24(15-12-22)37-31(35)23-13-18-28(36-2)27(32)19-23/h7-10,13,16-19,22,24H,3-6,11-12,14-15H2,1-2H3. The molecule has 1 saturated carbocycles. The molecule has 1 aliphatic rings. The van der Waals surface area contributed by atoms with Crippen LogP contribution in [0.15, 0.2) is 54.6 Å². The lowest BCUT2D eigenvalue weighted by Crippen LogP contribution is -2.24. The fourth-order valence-electron chi connectivity index (χ4n) is 5.04. The average Bonchev–Trinajstić information content (AvgIpc) is 2.91. The molecule has 3 nitrogen and oxygen atoms in total. The van der Waals surface area contributed by atoms with Gasteiger partial charge in [-0.15, -0.1) is 0 Å². The molecule has 0 aromatic heterocycles. The largest absolute Gasteiger partial charge is 0.494 e. The van der Waals surface area contributed by atoms with Gasteiger partial charge in [0.25, 0.3) is 0 Å². The zero-order chi connectivity index (χ0) is 26.4. The van der Waals surface area contributed by atoms with Crippen LogP contribution in [-0.4, -0.2) is 19.2 Å². The highest BCUT2D eigenvalue weighted by Crippen LogP contribution is 2.38. The SMILES string of the molecule is CCCCCc1ccc(-c2ccc(C3CCC(OC(=O)c4ccc(OC)c(F)c4)CC3)c(F)c2F)cc1. The van der Waals surface area contributed by atoms with Crippen molar-refractivity contribution < 1.29 is 27.4 Å². The predicted octanol–water partition coefficient (Wildman–Crippen LogP) is 8.40. The van der Waals surface area contributed by atoms with E-state index in [1.165, 1.54) is 31.2 Å². The lowest BCUT2D eigenvalue weighted by Gasteiger charge is -2.29. The summed E-state index contributed by atoms with van der Waals surface area (Å²) in [6.07, 6.45) is 6.27. The number of hydrogen-bond donors (Lipinski definition) is 0. The van der Waals surface area contributed by atoms with E-state index >= 15 is 8.78 Å². The van der Waals surface area contributed by atoms with E-state index in [-0.39, 0.29) is 28.9 Å². The number of carbonyl (C=O) groups excluding carboxylic acids is 1. The summed E-state index contributed by atoms with van der Waals surface area (Å²) >= 11 is 0. The third-order valence-electron chi connectivity index (χ3n) is 7.22. The minimum Gasteiger partial charge on any atom is -0.494 e. The molecule has 3 aromatic carbocycles. The first-order valence-electron chi connectivity index (χ1n) is 13.0. The van der Waals surface area contributed by atoms with E-state index < -0.39 is 23.4 Å². The average molecular weight is 511 g/mol. The predicted molar refractivity (Wildman–Crippen MR) is 138 cm³/mol. The Balaban J connectivity index is 1.37. The number of benzene rings is 3. The van der Waals surface area contributed by atoms with Crippen molar-refractivity contribution in [3.05, 3.63) is 88.7 Å². The van der Waals surface area contributed by atoms with Crippen LogP contribution in [0.3, 0.4) is 0 Å². The van der Waals surface area contributed by atoms with Gasteiger partial charge in [0.2, 0.25) is 0 Å². The number of rotatable bonds is 9. The Morgan fingerprint density at radius 3 is 2.27 bits per heavy atom. The number of methoxy groups -OCH3 is 1. The summed E-state index contributed by atoms with van der Waals surface area (Å²) in [6.45, 7) is 2.16. The van der Waals surface area contributed by atoms with E-state index in [2.05, 4.69) is 6.92 Å². The lowest BCUT2D eigenvalue weighted by atomic mass is 9.82. The summed E-state index contributed by atoms with van der Waals surface area (Å²) in [5, 5.41) is 0. The highest BCUT2D eigenvalue weighted by Gasteiger charge is 2.28. The zero-order valence-corrected chi connectivity index (χ0v) is 21.4. The second-order valence-electron chi connectivity index (χ2n) is 9.71. The molecule has 0 spiro atoms. The molecule has 3 aromatic rings. The van der Waals surface area contributed by atoms with Crippen LogP contribution >= 0.6 is 0 Å². The van der Waals surface area contributed by atoms with Gasteiger partial charge < -0.3 is 9.47 Å². The summed E-state index contributed by atoms with van der Waals surface area (Å²) in [5.74, 6) is -2.98. The van der Waals surface area contributed by atoms with Crippen LogP contribution in [0.5, 0.6) is 5.75 Å². The van der Waals surface area contributed by atoms with Crippen LogP contribution in [0.25, 0.3) is 11.1 Å². The van der Waals surface area contributed by atoms with E-state index in [1.54, 1.807) is 12.1 Å². The quantitative estimate of drug-likeness (QED) is 0.214. The second kappa shape index (κ2) is 12.3. The van der Waals surface area contributed by atoms with Crippen molar-refractivity contribution in [2.24, 2.45) is 0 Å². The summed E-state index contributed by atoms with van der Waals surface area (Å²) in [4.78, 5) is 12.4. The molecule has 0 unspecified atom stereocenters. The molecule has 196 valence electrons. The van der Waals surface area contributed by atoms with E-state index in [4.69, 9.17) is 9.47 Å². The van der Waals surface area contributed by atoms with E-state index in [9.17, 15) is 9.18 Å². The first kappa shape index (κ1) is 26.8. The molecule has 0 bridgehead atoms. The molecule has 37 heavy (non-hydrogen) atoms. The Morgan fingerprint density at radius 1 is 0.892 bits per heavy atom. The van der Waals surface area contributed by atoms with Gasteiger partial charge in [-0.2, -0.15) is 0 Å². The molecule has 6 heteroatoms. The minimum absolute atomic E-state index is 0.0526. The van der Waals surface area contributed by atoms with Gasteiger partial charge in [-0.3, -0.25) is 0 Å². The van der Waals surface area contributed by atoms with E-state index in [0.717, 1.165) is 25.3 Å². The molecule has 0 heterocycles. The molecule has 0 saturated heterocycles. The van der Waals surface area contributed by atoms with Gasteiger partial charge in [0.15, 0.2) is 23.2 Å². The van der Waals surface area contributed by atoms with Crippen LogP contribution in [-0.2, 0) is 11.2 Å². The summed E-state index contributed by atoms with van der Waals surface area (Å²) in [5.41, 5.74) is 2.59. The fourth-order valence-corrected chi connectivity index (χ4v) is 5.04. The van der Waals surface area contributed by atoms with Crippen LogP contribution in [0.4, 0.5) is 13.2 Å². The first-order chi connectivity index (χ1) is 17.9. The molecule has 0 atom stereocenters. The van der Waals surface area contributed by atoms with E-state index in [1.807, 2.05) is 24.3 Å². The van der Waals surface area contributed by atoms with Crippen LogP contribution in [0, 0.1) is 17.5 Å². The van der Waals surface area contributed by atoms with Crippen LogP contribution in [0.1, 0.15) is 79.3 Å². The van der Waals surface area contributed by atoms with Gasteiger partial charge in [-0.1, -0.05) is 56.2 Å². The third-order valence-corrected chi connectivity index (χ3v) is 7.22. The molecule has 1 fully saturated rings. The molecular weight excluding hydrogens is 477 g/mol. The normalized spacial score (nSPS) is 17.4. The minimum atomic E-state index is -0.827.